The molecule has 2 unspecified atom stereocenters. The molecule has 2 atom stereocenters. The Balaban J connectivity index is 2.11. The maximum atomic E-state index is 11.4. The van der Waals surface area contributed by atoms with E-state index in [1.165, 1.54) is 0 Å². The molecule has 0 amide bonds. The highest BCUT2D eigenvalue weighted by Gasteiger charge is 2.30. The highest BCUT2D eigenvalue weighted by Crippen LogP contribution is 2.33. The molecule has 0 aromatic carbocycles. The lowest BCUT2D eigenvalue weighted by Gasteiger charge is -2.28. The third-order valence-corrected chi connectivity index (χ3v) is 3.86. The number of pyridine rings is 1. The minimum atomic E-state index is -1.13. The molecule has 0 spiro atoms. The molecule has 3 rings (SSSR count). The maximum absolute atomic E-state index is 11.4. The zero-order chi connectivity index (χ0) is 14.8. The van der Waals surface area contributed by atoms with Crippen molar-refractivity contribution in [1.82, 2.24) is 20.0 Å². The number of aromatic carboxylic acids is 1. The lowest BCUT2D eigenvalue weighted by atomic mass is 9.92. The summed E-state index contributed by atoms with van der Waals surface area (Å²) in [5.41, 5.74) is 1.01. The van der Waals surface area contributed by atoms with Crippen LogP contribution < -0.4 is 0 Å². The molecule has 7 nitrogen and oxygen atoms in total. The Kier molecular flexibility index (Phi) is 3.66. The zero-order valence-corrected chi connectivity index (χ0v) is 11.4. The lowest BCUT2D eigenvalue weighted by molar-refractivity contribution is 0.0680. The second-order valence-corrected chi connectivity index (χ2v) is 5.19. The van der Waals surface area contributed by atoms with Gasteiger partial charge in [0.2, 0.25) is 0 Å². The zero-order valence-electron chi connectivity index (χ0n) is 11.4. The minimum Gasteiger partial charge on any atom is -0.476 e. The number of aliphatic hydroxyl groups is 1. The summed E-state index contributed by atoms with van der Waals surface area (Å²) < 4.78 is 1.56. The van der Waals surface area contributed by atoms with Gasteiger partial charge in [-0.3, -0.25) is 4.98 Å². The van der Waals surface area contributed by atoms with Crippen LogP contribution in [0.2, 0.25) is 0 Å². The molecule has 1 aliphatic carbocycles. The molecule has 0 radical (unpaired) electrons. The second-order valence-electron chi connectivity index (χ2n) is 5.19. The maximum Gasteiger partial charge on any atom is 0.358 e. The molecular formula is C14H16N4O3. The second kappa shape index (κ2) is 5.61. The average molecular weight is 288 g/mol. The van der Waals surface area contributed by atoms with Crippen molar-refractivity contribution in [3.63, 3.8) is 0 Å². The summed E-state index contributed by atoms with van der Waals surface area (Å²) in [6.45, 7) is 0. The van der Waals surface area contributed by atoms with Crippen LogP contribution in [-0.4, -0.2) is 42.3 Å². The first-order valence-electron chi connectivity index (χ1n) is 6.95. The predicted octanol–water partition coefficient (Wildman–Crippen LogP) is 1.51. The first-order chi connectivity index (χ1) is 10.2. The van der Waals surface area contributed by atoms with Gasteiger partial charge in [0.15, 0.2) is 5.69 Å². The number of carboxylic acid groups (broad SMARTS) is 1. The summed E-state index contributed by atoms with van der Waals surface area (Å²) in [5.74, 6) is -1.13. The van der Waals surface area contributed by atoms with Crippen LogP contribution in [0.25, 0.3) is 11.3 Å². The molecule has 2 N–H and O–H groups in total. The van der Waals surface area contributed by atoms with Gasteiger partial charge in [0, 0.05) is 18.0 Å². The number of carboxylic acids is 1. The van der Waals surface area contributed by atoms with Crippen molar-refractivity contribution in [2.75, 3.05) is 0 Å². The van der Waals surface area contributed by atoms with Gasteiger partial charge in [0.1, 0.15) is 5.69 Å². The largest absolute Gasteiger partial charge is 0.476 e. The minimum absolute atomic E-state index is 0.0982. The summed E-state index contributed by atoms with van der Waals surface area (Å²) in [6, 6.07) is 3.20. The van der Waals surface area contributed by atoms with Gasteiger partial charge in [-0.05, 0) is 25.0 Å². The Bertz CT molecular complexity index is 641. The van der Waals surface area contributed by atoms with Crippen molar-refractivity contribution >= 4 is 5.97 Å². The van der Waals surface area contributed by atoms with E-state index in [1.54, 1.807) is 29.2 Å². The molecule has 2 heterocycles. The van der Waals surface area contributed by atoms with Crippen LogP contribution in [0.4, 0.5) is 0 Å². The van der Waals surface area contributed by atoms with Crippen LogP contribution in [0.1, 0.15) is 42.2 Å². The lowest BCUT2D eigenvalue weighted by Crippen LogP contribution is -2.29. The van der Waals surface area contributed by atoms with Gasteiger partial charge in [-0.1, -0.05) is 18.1 Å². The van der Waals surface area contributed by atoms with Gasteiger partial charge in [-0.2, -0.15) is 0 Å². The summed E-state index contributed by atoms with van der Waals surface area (Å²) in [6.07, 6.45) is 6.08. The van der Waals surface area contributed by atoms with Crippen molar-refractivity contribution in [2.45, 2.75) is 37.8 Å². The van der Waals surface area contributed by atoms with Crippen LogP contribution in [-0.2, 0) is 0 Å². The summed E-state index contributed by atoms with van der Waals surface area (Å²) >= 11 is 0. The average Bonchev–Trinajstić information content (AvgIpc) is 2.93. The van der Waals surface area contributed by atoms with E-state index in [1.807, 2.05) is 0 Å². The predicted molar refractivity (Wildman–Crippen MR) is 73.7 cm³/mol. The Hall–Kier alpha value is -2.28. The number of hydrogen-bond donors (Lipinski definition) is 2. The van der Waals surface area contributed by atoms with E-state index >= 15 is 0 Å². The Morgan fingerprint density at radius 1 is 1.24 bits per heavy atom. The molecule has 110 valence electrons. The van der Waals surface area contributed by atoms with Crippen LogP contribution in [0.15, 0.2) is 24.5 Å². The smallest absolute Gasteiger partial charge is 0.358 e. The first-order valence-corrected chi connectivity index (χ1v) is 6.95. The van der Waals surface area contributed by atoms with Crippen LogP contribution >= 0.6 is 0 Å². The van der Waals surface area contributed by atoms with Gasteiger partial charge in [-0.15, -0.1) is 5.10 Å². The fourth-order valence-corrected chi connectivity index (χ4v) is 2.83. The standard InChI is InChI=1S/C14H16N4O3/c19-11-4-2-1-3-10(11)18-13(9-5-7-15-8-6-9)12(14(20)21)16-17-18/h5-8,10-11,19H,1-4H2,(H,20,21). The van der Waals surface area contributed by atoms with Gasteiger partial charge in [0.05, 0.1) is 12.1 Å². The normalized spacial score (nSPS) is 22.1. The topological polar surface area (TPSA) is 101 Å². The fourth-order valence-electron chi connectivity index (χ4n) is 2.83. The quantitative estimate of drug-likeness (QED) is 0.887. The SMILES string of the molecule is O=C(O)c1nnn(C2CCCCC2O)c1-c1ccncc1. The van der Waals surface area contributed by atoms with E-state index in [9.17, 15) is 15.0 Å². The number of hydrogen-bond acceptors (Lipinski definition) is 5. The molecule has 0 bridgehead atoms. The van der Waals surface area contributed by atoms with Crippen molar-refractivity contribution < 1.29 is 15.0 Å². The van der Waals surface area contributed by atoms with E-state index in [0.717, 1.165) is 19.3 Å². The molecule has 1 fully saturated rings. The molecule has 0 aliphatic heterocycles. The van der Waals surface area contributed by atoms with Crippen LogP contribution in [0.5, 0.6) is 0 Å². The van der Waals surface area contributed by atoms with E-state index in [2.05, 4.69) is 15.3 Å². The molecule has 1 aliphatic rings. The Morgan fingerprint density at radius 3 is 2.62 bits per heavy atom. The molecule has 2 aromatic rings. The molecule has 1 saturated carbocycles. The molecule has 0 saturated heterocycles. The number of rotatable bonds is 3. The van der Waals surface area contributed by atoms with Crippen molar-refractivity contribution in [1.29, 1.82) is 0 Å². The van der Waals surface area contributed by atoms with E-state index in [-0.39, 0.29) is 11.7 Å². The van der Waals surface area contributed by atoms with Gasteiger partial charge in [-0.25, -0.2) is 9.48 Å². The third-order valence-electron chi connectivity index (χ3n) is 3.86. The van der Waals surface area contributed by atoms with Crippen molar-refractivity contribution in [3.8, 4) is 11.3 Å². The van der Waals surface area contributed by atoms with Crippen molar-refractivity contribution in [3.05, 3.63) is 30.2 Å². The molecular weight excluding hydrogens is 272 g/mol. The Labute approximate surface area is 121 Å². The summed E-state index contributed by atoms with van der Waals surface area (Å²) in [5, 5.41) is 27.3. The van der Waals surface area contributed by atoms with E-state index < -0.39 is 12.1 Å². The number of aromatic nitrogens is 4. The van der Waals surface area contributed by atoms with Gasteiger partial charge >= 0.3 is 5.97 Å². The van der Waals surface area contributed by atoms with E-state index in [0.29, 0.717) is 17.7 Å². The first kappa shape index (κ1) is 13.7. The molecule has 7 heteroatoms. The van der Waals surface area contributed by atoms with Crippen LogP contribution in [0.3, 0.4) is 0 Å². The van der Waals surface area contributed by atoms with Gasteiger partial charge < -0.3 is 10.2 Å². The summed E-state index contributed by atoms with van der Waals surface area (Å²) in [7, 11) is 0. The van der Waals surface area contributed by atoms with E-state index in [4.69, 9.17) is 0 Å². The highest BCUT2D eigenvalue weighted by atomic mass is 16.4. The van der Waals surface area contributed by atoms with Gasteiger partial charge in [0.25, 0.3) is 0 Å². The highest BCUT2D eigenvalue weighted by molar-refractivity contribution is 5.92. The fraction of sp³-hybridized carbons (Fsp3) is 0.429. The van der Waals surface area contributed by atoms with Crippen LogP contribution in [0, 0.1) is 0 Å². The number of nitrogens with zero attached hydrogens (tertiary/aromatic N) is 4. The third kappa shape index (κ3) is 2.52. The molecule has 2 aromatic heterocycles. The Morgan fingerprint density at radius 2 is 1.95 bits per heavy atom. The molecule has 21 heavy (non-hydrogen) atoms. The number of carbonyl (C=O) groups is 1. The summed E-state index contributed by atoms with van der Waals surface area (Å²) in [4.78, 5) is 15.3. The number of aliphatic hydroxyl groups excluding tert-OH is 1. The monoisotopic (exact) mass is 288 g/mol. The van der Waals surface area contributed by atoms with Crippen molar-refractivity contribution in [2.24, 2.45) is 0 Å².